The molecule has 1 aliphatic rings. The van der Waals surface area contributed by atoms with Gasteiger partial charge in [0, 0.05) is 0 Å². The minimum Gasteiger partial charge on any atom is -0.272 e. The highest BCUT2D eigenvalue weighted by Gasteiger charge is 2.47. The van der Waals surface area contributed by atoms with Crippen LogP contribution in [0, 0.1) is 0 Å². The number of carbonyl (C=O) groups is 2. The molecule has 102 valence electrons. The number of anilines is 1. The minimum absolute atomic E-state index is 0.154. The number of halogens is 5. The number of hydrogen-bond acceptors (Lipinski definition) is 2. The molecular formula is C10H5Cl4FN2O2. The smallest absolute Gasteiger partial charge is 0.272 e. The average Bonchev–Trinajstić information content (AvgIpc) is 2.58. The van der Waals surface area contributed by atoms with Crippen molar-refractivity contribution in [2.45, 2.75) is 4.71 Å². The van der Waals surface area contributed by atoms with Crippen LogP contribution in [0.15, 0.2) is 18.2 Å². The highest BCUT2D eigenvalue weighted by atomic mass is 35.5. The molecule has 1 fully saturated rings. The average molecular weight is 346 g/mol. The van der Waals surface area contributed by atoms with Crippen molar-refractivity contribution in [3.8, 4) is 0 Å². The van der Waals surface area contributed by atoms with Crippen molar-refractivity contribution in [2.24, 2.45) is 0 Å². The maximum atomic E-state index is 13.4. The summed E-state index contributed by atoms with van der Waals surface area (Å²) < 4.78 is 10.4. The van der Waals surface area contributed by atoms with Gasteiger partial charge >= 0.3 is 10.7 Å². The number of benzene rings is 1. The van der Waals surface area contributed by atoms with E-state index < -0.39 is 23.2 Å². The van der Waals surface area contributed by atoms with Gasteiger partial charge in [0.25, 0.3) is 5.91 Å². The molecule has 0 radical (unpaired) electrons. The van der Waals surface area contributed by atoms with Gasteiger partial charge in [0.2, 0.25) is 0 Å². The zero-order chi connectivity index (χ0) is 14.4. The van der Waals surface area contributed by atoms with Gasteiger partial charge in [-0.1, -0.05) is 23.2 Å². The molecule has 19 heavy (non-hydrogen) atoms. The Hall–Kier alpha value is -0.750. The Balaban J connectivity index is 2.38. The van der Waals surface area contributed by atoms with Crippen LogP contribution in [0.2, 0.25) is 10.0 Å². The first-order valence-corrected chi connectivity index (χ1v) is 6.39. The number of amides is 3. The molecule has 0 saturated carbocycles. The zero-order valence-electron chi connectivity index (χ0n) is 9.04. The number of hydrogen-bond donors (Lipinski definition) is 0. The third-order valence-corrected chi connectivity index (χ3v) is 3.58. The lowest BCUT2D eigenvalue weighted by atomic mass is 10.3. The normalized spacial score (nSPS) is 16.5. The van der Waals surface area contributed by atoms with Gasteiger partial charge in [-0.2, -0.15) is 4.39 Å². The van der Waals surface area contributed by atoms with E-state index in [-0.39, 0.29) is 15.7 Å². The Morgan fingerprint density at radius 3 is 2.26 bits per heavy atom. The number of urea groups is 1. The SMILES string of the molecule is O=C1CN(C(F)(Cl)Cl)C(=O)N1c1ccc(Cl)c(Cl)c1. The standard InChI is InChI=1S/C10H5Cl4FN2O2/c11-6-2-1-5(3-7(6)12)17-8(18)4-16(9(17)19)10(13,14)15/h1-3H,4H2. The number of carbonyl (C=O) groups excluding carboxylic acids is 2. The summed E-state index contributed by atoms with van der Waals surface area (Å²) in [7, 11) is 0. The van der Waals surface area contributed by atoms with Crippen LogP contribution in [0.4, 0.5) is 14.9 Å². The number of alkyl halides is 3. The lowest BCUT2D eigenvalue weighted by Crippen LogP contribution is -2.40. The first kappa shape index (κ1) is 14.7. The van der Waals surface area contributed by atoms with Crippen molar-refractivity contribution in [3.05, 3.63) is 28.2 Å². The topological polar surface area (TPSA) is 40.6 Å². The molecule has 1 aromatic rings. The van der Waals surface area contributed by atoms with E-state index in [2.05, 4.69) is 0 Å². The van der Waals surface area contributed by atoms with E-state index >= 15 is 0 Å². The maximum Gasteiger partial charge on any atom is 0.341 e. The lowest BCUT2D eigenvalue weighted by Gasteiger charge is -2.22. The summed E-state index contributed by atoms with van der Waals surface area (Å²) in [5, 5.41) is 0.414. The second kappa shape index (κ2) is 4.98. The second-order valence-corrected chi connectivity index (χ2v) is 5.67. The predicted molar refractivity (Wildman–Crippen MR) is 71.6 cm³/mol. The van der Waals surface area contributed by atoms with Crippen molar-refractivity contribution in [1.82, 2.24) is 4.90 Å². The third-order valence-electron chi connectivity index (χ3n) is 2.43. The van der Waals surface area contributed by atoms with Gasteiger partial charge in [-0.3, -0.25) is 9.69 Å². The van der Waals surface area contributed by atoms with Crippen molar-refractivity contribution in [1.29, 1.82) is 0 Å². The summed E-state index contributed by atoms with van der Waals surface area (Å²) in [6.45, 7) is -0.567. The molecular weight excluding hydrogens is 341 g/mol. The Morgan fingerprint density at radius 1 is 1.16 bits per heavy atom. The Kier molecular flexibility index (Phi) is 3.84. The van der Waals surface area contributed by atoms with Gasteiger partial charge in [-0.15, -0.1) is 0 Å². The van der Waals surface area contributed by atoms with Crippen LogP contribution in [0.5, 0.6) is 0 Å². The van der Waals surface area contributed by atoms with E-state index in [0.717, 1.165) is 4.90 Å². The molecule has 1 aromatic carbocycles. The maximum absolute atomic E-state index is 13.4. The summed E-state index contributed by atoms with van der Waals surface area (Å²) in [6.07, 6.45) is 0. The first-order valence-electron chi connectivity index (χ1n) is 4.88. The summed E-state index contributed by atoms with van der Waals surface area (Å²) in [5.41, 5.74) is 0.157. The van der Waals surface area contributed by atoms with Crippen LogP contribution in [0.3, 0.4) is 0 Å². The predicted octanol–water partition coefficient (Wildman–Crippen LogP) is 3.82. The number of nitrogens with zero attached hydrogens (tertiary/aromatic N) is 2. The van der Waals surface area contributed by atoms with E-state index in [1.54, 1.807) is 0 Å². The monoisotopic (exact) mass is 344 g/mol. The molecule has 0 bridgehead atoms. The van der Waals surface area contributed by atoms with E-state index in [4.69, 9.17) is 46.4 Å². The van der Waals surface area contributed by atoms with Crippen molar-refractivity contribution < 1.29 is 14.0 Å². The fraction of sp³-hybridized carbons (Fsp3) is 0.200. The van der Waals surface area contributed by atoms with Gasteiger partial charge in [-0.05, 0) is 41.4 Å². The quantitative estimate of drug-likeness (QED) is 0.464. The van der Waals surface area contributed by atoms with E-state index in [0.29, 0.717) is 4.90 Å². The molecule has 0 spiro atoms. The number of imide groups is 1. The summed E-state index contributed by atoms with van der Waals surface area (Å²) in [4.78, 5) is 24.8. The van der Waals surface area contributed by atoms with Gasteiger partial charge in [0.1, 0.15) is 6.54 Å². The highest BCUT2D eigenvalue weighted by Crippen LogP contribution is 2.35. The van der Waals surface area contributed by atoms with Gasteiger partial charge < -0.3 is 0 Å². The van der Waals surface area contributed by atoms with E-state index in [9.17, 15) is 14.0 Å². The molecule has 1 aliphatic heterocycles. The minimum atomic E-state index is -2.96. The molecule has 0 N–H and O–H groups in total. The largest absolute Gasteiger partial charge is 0.341 e. The van der Waals surface area contributed by atoms with Gasteiger partial charge in [-0.25, -0.2) is 9.69 Å². The van der Waals surface area contributed by atoms with Crippen molar-refractivity contribution >= 4 is 64.0 Å². The lowest BCUT2D eigenvalue weighted by molar-refractivity contribution is -0.117. The fourth-order valence-electron chi connectivity index (χ4n) is 1.58. The van der Waals surface area contributed by atoms with E-state index in [1.165, 1.54) is 18.2 Å². The van der Waals surface area contributed by atoms with Crippen LogP contribution >= 0.6 is 46.4 Å². The summed E-state index contributed by atoms with van der Waals surface area (Å²) in [6, 6.07) is 3.14. The van der Waals surface area contributed by atoms with Gasteiger partial charge in [0.15, 0.2) is 0 Å². The zero-order valence-corrected chi connectivity index (χ0v) is 12.1. The molecule has 2 rings (SSSR count). The Bertz CT molecular complexity index is 561. The van der Waals surface area contributed by atoms with Crippen LogP contribution in [0.25, 0.3) is 0 Å². The molecule has 0 unspecified atom stereocenters. The van der Waals surface area contributed by atoms with Crippen LogP contribution in [0.1, 0.15) is 0 Å². The molecule has 0 aliphatic carbocycles. The molecule has 1 saturated heterocycles. The first-order chi connectivity index (χ1) is 8.71. The fourth-order valence-corrected chi connectivity index (χ4v) is 2.13. The Labute approximate surface area is 127 Å². The second-order valence-electron chi connectivity index (χ2n) is 3.66. The van der Waals surface area contributed by atoms with Crippen LogP contribution < -0.4 is 4.90 Å². The van der Waals surface area contributed by atoms with Crippen molar-refractivity contribution in [3.63, 3.8) is 0 Å². The van der Waals surface area contributed by atoms with Gasteiger partial charge in [0.05, 0.1) is 15.7 Å². The third kappa shape index (κ3) is 2.74. The van der Waals surface area contributed by atoms with Crippen LogP contribution in [-0.2, 0) is 4.79 Å². The molecule has 0 atom stereocenters. The van der Waals surface area contributed by atoms with Crippen molar-refractivity contribution in [2.75, 3.05) is 11.4 Å². The molecule has 0 aromatic heterocycles. The highest BCUT2D eigenvalue weighted by molar-refractivity contribution is 6.48. The molecule has 9 heteroatoms. The summed E-state index contributed by atoms with van der Waals surface area (Å²) in [5.74, 6) is -0.674. The van der Waals surface area contributed by atoms with E-state index in [1.807, 2.05) is 0 Å². The molecule has 3 amide bonds. The summed E-state index contributed by atoms with van der Waals surface area (Å²) >= 11 is 21.9. The molecule has 1 heterocycles. The molecule has 4 nitrogen and oxygen atoms in total. The Morgan fingerprint density at radius 2 is 1.79 bits per heavy atom. The van der Waals surface area contributed by atoms with Crippen LogP contribution in [-0.4, -0.2) is 28.1 Å². The number of rotatable bonds is 2.